The minimum Gasteiger partial charge on any atom is -0.462 e. The van der Waals surface area contributed by atoms with Crippen molar-refractivity contribution in [1.82, 2.24) is 0 Å². The van der Waals surface area contributed by atoms with E-state index in [1.54, 1.807) is 0 Å². The van der Waals surface area contributed by atoms with Gasteiger partial charge in [-0.3, -0.25) is 4.79 Å². The number of alkyl halides is 3. The summed E-state index contributed by atoms with van der Waals surface area (Å²) < 4.78 is 49.4. The highest BCUT2D eigenvalue weighted by Gasteiger charge is 2.31. The molecular weight excluding hydrogens is 345 g/mol. The Morgan fingerprint density at radius 3 is 2.24 bits per heavy atom. The average molecular weight is 360 g/mol. The molecule has 9 heteroatoms. The van der Waals surface area contributed by atoms with E-state index >= 15 is 0 Å². The van der Waals surface area contributed by atoms with Gasteiger partial charge in [0.15, 0.2) is 0 Å². The lowest BCUT2D eigenvalue weighted by atomic mass is 10.1. The van der Waals surface area contributed by atoms with Crippen LogP contribution in [0, 0.1) is 5.92 Å². The van der Waals surface area contributed by atoms with Crippen LogP contribution in [0.4, 0.5) is 13.2 Å². The number of esters is 2. The Labute approximate surface area is 141 Å². The summed E-state index contributed by atoms with van der Waals surface area (Å²) in [4.78, 5) is 33.9. The summed E-state index contributed by atoms with van der Waals surface area (Å²) >= 11 is 0. The summed E-state index contributed by atoms with van der Waals surface area (Å²) in [7, 11) is 0. The number of ether oxygens (including phenoxy) is 3. The van der Waals surface area contributed by atoms with Crippen LogP contribution in [0.3, 0.4) is 0 Å². The smallest absolute Gasteiger partial charge is 0.462 e. The molecule has 25 heavy (non-hydrogen) atoms. The van der Waals surface area contributed by atoms with Gasteiger partial charge >= 0.3 is 18.3 Å². The van der Waals surface area contributed by atoms with Crippen molar-refractivity contribution in [2.24, 2.45) is 5.92 Å². The van der Waals surface area contributed by atoms with E-state index in [0.29, 0.717) is 6.29 Å². The number of benzene rings is 1. The average Bonchev–Trinajstić information content (AvgIpc) is 2.51. The zero-order valence-electron chi connectivity index (χ0n) is 13.2. The van der Waals surface area contributed by atoms with Crippen molar-refractivity contribution >= 4 is 18.2 Å². The third kappa shape index (κ3) is 8.00. The van der Waals surface area contributed by atoms with Crippen molar-refractivity contribution in [2.75, 3.05) is 6.61 Å². The minimum atomic E-state index is -4.82. The summed E-state index contributed by atoms with van der Waals surface area (Å²) in [5.41, 5.74) is 0.147. The van der Waals surface area contributed by atoms with Gasteiger partial charge < -0.3 is 19.0 Å². The van der Waals surface area contributed by atoms with Crippen molar-refractivity contribution in [2.45, 2.75) is 19.7 Å². The third-order valence-electron chi connectivity index (χ3n) is 2.69. The summed E-state index contributed by atoms with van der Waals surface area (Å²) in [5.74, 6) is -2.91. The maximum atomic E-state index is 12.0. The molecule has 0 N–H and O–H groups in total. The lowest BCUT2D eigenvalue weighted by molar-refractivity contribution is -0.274. The van der Waals surface area contributed by atoms with Gasteiger partial charge in [0.2, 0.25) is 0 Å². The van der Waals surface area contributed by atoms with E-state index in [0.717, 1.165) is 24.3 Å². The molecule has 6 nitrogen and oxygen atoms in total. The van der Waals surface area contributed by atoms with Gasteiger partial charge in [-0.1, -0.05) is 6.58 Å². The molecule has 0 aliphatic heterocycles. The van der Waals surface area contributed by atoms with Crippen molar-refractivity contribution in [3.05, 3.63) is 36.4 Å². The highest BCUT2D eigenvalue weighted by atomic mass is 19.4. The minimum absolute atomic E-state index is 0.0249. The van der Waals surface area contributed by atoms with Gasteiger partial charge in [-0.15, -0.1) is 13.2 Å². The highest BCUT2D eigenvalue weighted by molar-refractivity contribution is 5.87. The van der Waals surface area contributed by atoms with Crippen molar-refractivity contribution in [1.29, 1.82) is 0 Å². The fourth-order valence-electron chi connectivity index (χ4n) is 1.55. The van der Waals surface area contributed by atoms with E-state index in [2.05, 4.69) is 11.3 Å². The van der Waals surface area contributed by atoms with Crippen LogP contribution in [0.5, 0.6) is 11.5 Å². The first-order valence-electron chi connectivity index (χ1n) is 6.95. The molecule has 0 heterocycles. The van der Waals surface area contributed by atoms with Crippen molar-refractivity contribution in [3.63, 3.8) is 0 Å². The molecule has 0 saturated carbocycles. The number of carbonyl (C=O) groups is 3. The Morgan fingerprint density at radius 2 is 1.76 bits per heavy atom. The molecule has 1 unspecified atom stereocenters. The third-order valence-corrected chi connectivity index (χ3v) is 2.69. The predicted octanol–water partition coefficient (Wildman–Crippen LogP) is 2.82. The second-order valence-electron chi connectivity index (χ2n) is 4.97. The lowest BCUT2D eigenvalue weighted by Gasteiger charge is -2.11. The fourth-order valence-corrected chi connectivity index (χ4v) is 1.55. The first kappa shape index (κ1) is 20.2. The largest absolute Gasteiger partial charge is 0.573 e. The van der Waals surface area contributed by atoms with Crippen molar-refractivity contribution < 1.29 is 41.8 Å². The first-order chi connectivity index (χ1) is 11.6. The molecule has 1 aromatic carbocycles. The molecule has 0 aromatic heterocycles. The molecule has 1 atom stereocenters. The number of hydrogen-bond acceptors (Lipinski definition) is 6. The van der Waals surface area contributed by atoms with Gasteiger partial charge in [0, 0.05) is 5.57 Å². The second kappa shape index (κ2) is 8.86. The van der Waals surface area contributed by atoms with Crippen LogP contribution in [0.2, 0.25) is 0 Å². The quantitative estimate of drug-likeness (QED) is 0.307. The molecular formula is C16H15F3O6. The molecule has 0 fully saturated rings. The molecule has 0 aliphatic rings. The predicted molar refractivity (Wildman–Crippen MR) is 78.7 cm³/mol. The van der Waals surface area contributed by atoms with Crippen LogP contribution < -0.4 is 9.47 Å². The van der Waals surface area contributed by atoms with E-state index in [4.69, 9.17) is 9.47 Å². The van der Waals surface area contributed by atoms with Crippen LogP contribution in [-0.2, 0) is 19.1 Å². The van der Waals surface area contributed by atoms with Gasteiger partial charge in [-0.05, 0) is 31.2 Å². The summed E-state index contributed by atoms with van der Waals surface area (Å²) in [6.07, 6.45) is -4.75. The molecule has 1 rings (SSSR count). The second-order valence-corrected chi connectivity index (χ2v) is 4.97. The van der Waals surface area contributed by atoms with E-state index in [1.807, 2.05) is 0 Å². The van der Waals surface area contributed by atoms with E-state index in [-0.39, 0.29) is 24.4 Å². The van der Waals surface area contributed by atoms with E-state index in [9.17, 15) is 27.6 Å². The van der Waals surface area contributed by atoms with Crippen LogP contribution in [0.15, 0.2) is 36.4 Å². The van der Waals surface area contributed by atoms with Crippen LogP contribution in [0.25, 0.3) is 0 Å². The van der Waals surface area contributed by atoms with Crippen molar-refractivity contribution in [3.8, 4) is 11.5 Å². The zero-order chi connectivity index (χ0) is 19.0. The fraction of sp³-hybridized carbons (Fsp3) is 0.312. The van der Waals surface area contributed by atoms with Gasteiger partial charge in [0.05, 0.1) is 12.3 Å². The zero-order valence-corrected chi connectivity index (χ0v) is 13.2. The molecule has 1 aromatic rings. The maximum absolute atomic E-state index is 12.0. The summed E-state index contributed by atoms with van der Waals surface area (Å²) in [6, 6.07) is 4.16. The molecule has 136 valence electrons. The number of carbonyl (C=O) groups excluding carboxylic acids is 3. The first-order valence-corrected chi connectivity index (χ1v) is 6.95. The molecule has 0 bridgehead atoms. The normalized spacial score (nSPS) is 12.0. The van der Waals surface area contributed by atoms with E-state index in [1.165, 1.54) is 6.92 Å². The topological polar surface area (TPSA) is 78.9 Å². The summed E-state index contributed by atoms with van der Waals surface area (Å²) in [6.45, 7) is 4.48. The number of halogens is 3. The van der Waals surface area contributed by atoms with Crippen LogP contribution in [-0.4, -0.2) is 31.2 Å². The SMILES string of the molecule is C=C(C)C(=O)OCC(C=O)CC(=O)Oc1ccc(OC(F)(F)F)cc1. The molecule has 0 saturated heterocycles. The Balaban J connectivity index is 2.53. The molecule has 0 amide bonds. The maximum Gasteiger partial charge on any atom is 0.573 e. The summed E-state index contributed by atoms with van der Waals surface area (Å²) in [5, 5.41) is 0. The Bertz CT molecular complexity index is 636. The highest BCUT2D eigenvalue weighted by Crippen LogP contribution is 2.25. The van der Waals surface area contributed by atoms with Gasteiger partial charge in [-0.25, -0.2) is 4.79 Å². The van der Waals surface area contributed by atoms with Gasteiger partial charge in [0.25, 0.3) is 0 Å². The van der Waals surface area contributed by atoms with Crippen LogP contribution in [0.1, 0.15) is 13.3 Å². The van der Waals surface area contributed by atoms with Crippen LogP contribution >= 0.6 is 0 Å². The monoisotopic (exact) mass is 360 g/mol. The van der Waals surface area contributed by atoms with Gasteiger partial charge in [0.1, 0.15) is 24.4 Å². The Hall–Kier alpha value is -2.84. The number of aldehydes is 1. The number of hydrogen-bond donors (Lipinski definition) is 0. The molecule has 0 spiro atoms. The standard InChI is InChI=1S/C16H15F3O6/c1-10(2)15(22)23-9-11(8-20)7-14(21)24-12-3-5-13(6-4-12)25-16(17,18)19/h3-6,8,11H,1,7,9H2,2H3. The lowest BCUT2D eigenvalue weighted by Crippen LogP contribution is -2.21. The Kier molecular flexibility index (Phi) is 7.16. The van der Waals surface area contributed by atoms with E-state index < -0.39 is 30.0 Å². The molecule has 0 radical (unpaired) electrons. The number of rotatable bonds is 8. The Morgan fingerprint density at radius 1 is 1.20 bits per heavy atom. The van der Waals surface area contributed by atoms with Gasteiger partial charge in [-0.2, -0.15) is 0 Å². The molecule has 0 aliphatic carbocycles.